The molecule has 0 N–H and O–H groups in total. The predicted octanol–water partition coefficient (Wildman–Crippen LogP) is 2.92. The fourth-order valence-corrected chi connectivity index (χ4v) is 1.60. The highest BCUT2D eigenvalue weighted by Gasteiger charge is 2.29. The fraction of sp³-hybridized carbons (Fsp3) is 0.545. The molecule has 70 valence electrons. The normalized spacial score (nSPS) is 16.1. The van der Waals surface area contributed by atoms with Crippen LogP contribution in [-0.4, -0.2) is 6.29 Å². The monoisotopic (exact) mass is 178 g/mol. The van der Waals surface area contributed by atoms with Crippen LogP contribution in [0.15, 0.2) is 10.5 Å². The molecule has 1 aromatic heterocycles. The highest BCUT2D eigenvalue weighted by atomic mass is 16.3. The van der Waals surface area contributed by atoms with Crippen molar-refractivity contribution in [1.29, 1.82) is 0 Å². The van der Waals surface area contributed by atoms with Gasteiger partial charge >= 0.3 is 0 Å². The molecule has 1 aromatic rings. The van der Waals surface area contributed by atoms with Gasteiger partial charge in [-0.1, -0.05) is 6.92 Å². The molecule has 2 nitrogen and oxygen atoms in total. The number of hydrogen-bond donors (Lipinski definition) is 0. The number of hydrogen-bond acceptors (Lipinski definition) is 2. The Labute approximate surface area is 77.9 Å². The summed E-state index contributed by atoms with van der Waals surface area (Å²) in [5.41, 5.74) is 0.769. The first kappa shape index (κ1) is 8.54. The Morgan fingerprint density at radius 2 is 2.38 bits per heavy atom. The zero-order chi connectivity index (χ0) is 9.26. The Bertz CT molecular complexity index is 308. The predicted molar refractivity (Wildman–Crippen MR) is 50.1 cm³/mol. The Morgan fingerprint density at radius 1 is 1.62 bits per heavy atom. The second kappa shape index (κ2) is 3.36. The van der Waals surface area contributed by atoms with Gasteiger partial charge in [0.1, 0.15) is 11.5 Å². The maximum atomic E-state index is 10.7. The Kier molecular flexibility index (Phi) is 2.21. The van der Waals surface area contributed by atoms with E-state index in [1.54, 1.807) is 0 Å². The van der Waals surface area contributed by atoms with E-state index in [1.807, 2.05) is 6.07 Å². The number of rotatable bonds is 4. The lowest BCUT2D eigenvalue weighted by Gasteiger charge is -1.92. The van der Waals surface area contributed by atoms with Crippen molar-refractivity contribution < 1.29 is 9.21 Å². The minimum atomic E-state index is 0.533. The second-order valence-corrected chi connectivity index (χ2v) is 3.67. The standard InChI is InChI=1S/C11H14O2/c1-2-3-10-6-9(7-12)11(13-10)8-4-5-8/h6-8H,2-5H2,1H3. The summed E-state index contributed by atoms with van der Waals surface area (Å²) in [6, 6.07) is 1.89. The third kappa shape index (κ3) is 1.67. The van der Waals surface area contributed by atoms with Crippen LogP contribution in [-0.2, 0) is 6.42 Å². The molecule has 0 aromatic carbocycles. The van der Waals surface area contributed by atoms with Gasteiger partial charge in [-0.15, -0.1) is 0 Å². The Hall–Kier alpha value is -1.05. The van der Waals surface area contributed by atoms with Crippen LogP contribution in [0.3, 0.4) is 0 Å². The van der Waals surface area contributed by atoms with Crippen LogP contribution < -0.4 is 0 Å². The maximum Gasteiger partial charge on any atom is 0.153 e. The van der Waals surface area contributed by atoms with Gasteiger partial charge < -0.3 is 4.42 Å². The van der Waals surface area contributed by atoms with Gasteiger partial charge in [0.05, 0.1) is 5.56 Å². The van der Waals surface area contributed by atoms with Crippen molar-refractivity contribution in [3.8, 4) is 0 Å². The minimum absolute atomic E-state index is 0.533. The topological polar surface area (TPSA) is 30.2 Å². The first-order valence-electron chi connectivity index (χ1n) is 4.93. The minimum Gasteiger partial charge on any atom is -0.465 e. The van der Waals surface area contributed by atoms with E-state index in [0.29, 0.717) is 5.92 Å². The average molecular weight is 178 g/mol. The first-order valence-corrected chi connectivity index (χ1v) is 4.93. The number of furan rings is 1. The fourth-order valence-electron chi connectivity index (χ4n) is 1.60. The van der Waals surface area contributed by atoms with Gasteiger partial charge in [0, 0.05) is 12.3 Å². The largest absolute Gasteiger partial charge is 0.465 e. The van der Waals surface area contributed by atoms with Gasteiger partial charge in [0.15, 0.2) is 6.29 Å². The van der Waals surface area contributed by atoms with Crippen molar-refractivity contribution in [2.75, 3.05) is 0 Å². The summed E-state index contributed by atoms with van der Waals surface area (Å²) in [6.45, 7) is 2.11. The van der Waals surface area contributed by atoms with Crippen LogP contribution >= 0.6 is 0 Å². The molecule has 1 fully saturated rings. The number of carbonyl (C=O) groups excluding carboxylic acids is 1. The van der Waals surface area contributed by atoms with Crippen LogP contribution in [0, 0.1) is 0 Å². The summed E-state index contributed by atoms with van der Waals surface area (Å²) in [5, 5.41) is 0. The zero-order valence-corrected chi connectivity index (χ0v) is 7.88. The number of carbonyl (C=O) groups is 1. The maximum absolute atomic E-state index is 10.7. The lowest BCUT2D eigenvalue weighted by molar-refractivity contribution is 0.112. The molecule has 1 heterocycles. The summed E-state index contributed by atoms with van der Waals surface area (Å²) in [7, 11) is 0. The zero-order valence-electron chi connectivity index (χ0n) is 7.88. The molecule has 13 heavy (non-hydrogen) atoms. The summed E-state index contributed by atoms with van der Waals surface area (Å²) in [5.74, 6) is 2.43. The summed E-state index contributed by atoms with van der Waals surface area (Å²) in [6.07, 6.45) is 5.28. The van der Waals surface area contributed by atoms with E-state index in [4.69, 9.17) is 4.42 Å². The van der Waals surface area contributed by atoms with Gasteiger partial charge in [-0.3, -0.25) is 4.79 Å². The third-order valence-electron chi connectivity index (χ3n) is 2.41. The van der Waals surface area contributed by atoms with Gasteiger partial charge in [-0.2, -0.15) is 0 Å². The van der Waals surface area contributed by atoms with Crippen molar-refractivity contribution in [3.05, 3.63) is 23.2 Å². The first-order chi connectivity index (χ1) is 6.35. The highest BCUT2D eigenvalue weighted by molar-refractivity contribution is 5.77. The van der Waals surface area contributed by atoms with Crippen LogP contribution in [0.1, 0.15) is 54.0 Å². The molecule has 0 atom stereocenters. The molecule has 0 unspecified atom stereocenters. The molecular weight excluding hydrogens is 164 g/mol. The van der Waals surface area contributed by atoms with Crippen LogP contribution in [0.2, 0.25) is 0 Å². The van der Waals surface area contributed by atoms with E-state index in [2.05, 4.69) is 6.92 Å². The average Bonchev–Trinajstić information content (AvgIpc) is 2.89. The molecule has 2 rings (SSSR count). The SMILES string of the molecule is CCCc1cc(C=O)c(C2CC2)o1. The summed E-state index contributed by atoms with van der Waals surface area (Å²) < 4.78 is 5.64. The molecule has 0 spiro atoms. The highest BCUT2D eigenvalue weighted by Crippen LogP contribution is 2.42. The Balaban J connectivity index is 2.25. The molecule has 0 aliphatic heterocycles. The molecule has 1 aliphatic carbocycles. The molecule has 2 heteroatoms. The molecule has 1 aliphatic rings. The van der Waals surface area contributed by atoms with Crippen LogP contribution in [0.25, 0.3) is 0 Å². The lowest BCUT2D eigenvalue weighted by Crippen LogP contribution is -1.81. The van der Waals surface area contributed by atoms with Crippen LogP contribution in [0.4, 0.5) is 0 Å². The van der Waals surface area contributed by atoms with Gasteiger partial charge in [-0.25, -0.2) is 0 Å². The van der Waals surface area contributed by atoms with E-state index in [9.17, 15) is 4.79 Å². The van der Waals surface area contributed by atoms with E-state index in [-0.39, 0.29) is 0 Å². The smallest absolute Gasteiger partial charge is 0.153 e. The number of aryl methyl sites for hydroxylation is 1. The van der Waals surface area contributed by atoms with Crippen molar-refractivity contribution >= 4 is 6.29 Å². The van der Waals surface area contributed by atoms with E-state index in [1.165, 1.54) is 12.8 Å². The summed E-state index contributed by atoms with van der Waals surface area (Å²) >= 11 is 0. The lowest BCUT2D eigenvalue weighted by atomic mass is 10.2. The quantitative estimate of drug-likeness (QED) is 0.663. The molecular formula is C11H14O2. The molecule has 0 bridgehead atoms. The summed E-state index contributed by atoms with van der Waals surface area (Å²) in [4.78, 5) is 10.7. The van der Waals surface area contributed by atoms with Crippen molar-refractivity contribution in [3.63, 3.8) is 0 Å². The molecule has 0 radical (unpaired) electrons. The molecule has 0 amide bonds. The third-order valence-corrected chi connectivity index (χ3v) is 2.41. The van der Waals surface area contributed by atoms with Crippen molar-refractivity contribution in [2.45, 2.75) is 38.5 Å². The molecule has 0 saturated heterocycles. The van der Waals surface area contributed by atoms with E-state index < -0.39 is 0 Å². The van der Waals surface area contributed by atoms with Crippen molar-refractivity contribution in [1.82, 2.24) is 0 Å². The van der Waals surface area contributed by atoms with Crippen molar-refractivity contribution in [2.24, 2.45) is 0 Å². The van der Waals surface area contributed by atoms with Gasteiger partial charge in [0.25, 0.3) is 0 Å². The van der Waals surface area contributed by atoms with E-state index in [0.717, 1.165) is 36.2 Å². The van der Waals surface area contributed by atoms with E-state index >= 15 is 0 Å². The molecule has 1 saturated carbocycles. The van der Waals surface area contributed by atoms with Gasteiger partial charge in [-0.05, 0) is 25.3 Å². The number of aldehydes is 1. The van der Waals surface area contributed by atoms with Crippen LogP contribution in [0.5, 0.6) is 0 Å². The second-order valence-electron chi connectivity index (χ2n) is 3.67. The van der Waals surface area contributed by atoms with Gasteiger partial charge in [0.2, 0.25) is 0 Å². The Morgan fingerprint density at radius 3 is 2.92 bits per heavy atom.